The Bertz CT molecular complexity index is 842. The van der Waals surface area contributed by atoms with Gasteiger partial charge in [0.25, 0.3) is 5.91 Å². The molecule has 1 N–H and O–H groups in total. The molecule has 1 heterocycles. The molecule has 0 fully saturated rings. The standard InChI is InChI=1S/C17H12Cl2N2OS/c1-10-15(23-17(20-10)11-5-3-2-4-6-11)16(22)21-14-8-12(18)7-13(19)9-14/h2-9H,1H3,(H,21,22). The quantitative estimate of drug-likeness (QED) is 0.651. The monoisotopic (exact) mass is 362 g/mol. The van der Waals surface area contributed by atoms with E-state index in [9.17, 15) is 4.79 Å². The van der Waals surface area contributed by atoms with Gasteiger partial charge in [-0.3, -0.25) is 4.79 Å². The van der Waals surface area contributed by atoms with Gasteiger partial charge in [-0.1, -0.05) is 53.5 Å². The van der Waals surface area contributed by atoms with Crippen LogP contribution in [0, 0.1) is 6.92 Å². The Morgan fingerprint density at radius 3 is 2.39 bits per heavy atom. The highest BCUT2D eigenvalue weighted by atomic mass is 35.5. The molecule has 0 saturated carbocycles. The lowest BCUT2D eigenvalue weighted by atomic mass is 10.2. The number of nitrogens with one attached hydrogen (secondary N) is 1. The number of thiazole rings is 1. The number of carbonyl (C=O) groups excluding carboxylic acids is 1. The predicted octanol–water partition coefficient (Wildman–Crippen LogP) is 5.68. The largest absolute Gasteiger partial charge is 0.321 e. The summed E-state index contributed by atoms with van der Waals surface area (Å²) in [4.78, 5) is 17.5. The zero-order valence-corrected chi connectivity index (χ0v) is 14.5. The maximum Gasteiger partial charge on any atom is 0.267 e. The van der Waals surface area contributed by atoms with Gasteiger partial charge in [-0.15, -0.1) is 11.3 Å². The van der Waals surface area contributed by atoms with Gasteiger partial charge in [-0.25, -0.2) is 4.98 Å². The highest BCUT2D eigenvalue weighted by Crippen LogP contribution is 2.29. The molecule has 3 rings (SSSR count). The van der Waals surface area contributed by atoms with Crippen molar-refractivity contribution in [2.45, 2.75) is 6.92 Å². The van der Waals surface area contributed by atoms with E-state index in [1.54, 1.807) is 18.2 Å². The number of benzene rings is 2. The topological polar surface area (TPSA) is 42.0 Å². The fraction of sp³-hybridized carbons (Fsp3) is 0.0588. The fourth-order valence-corrected chi connectivity index (χ4v) is 3.62. The molecular formula is C17H12Cl2N2OS. The van der Waals surface area contributed by atoms with Crippen molar-refractivity contribution in [3.05, 3.63) is 69.1 Å². The van der Waals surface area contributed by atoms with Gasteiger partial charge in [0.2, 0.25) is 0 Å². The SMILES string of the molecule is Cc1nc(-c2ccccc2)sc1C(=O)Nc1cc(Cl)cc(Cl)c1. The van der Waals surface area contributed by atoms with Crippen LogP contribution in [0.15, 0.2) is 48.5 Å². The van der Waals surface area contributed by atoms with E-state index < -0.39 is 0 Å². The third kappa shape index (κ3) is 3.72. The maximum absolute atomic E-state index is 12.5. The molecule has 0 radical (unpaired) electrons. The van der Waals surface area contributed by atoms with Gasteiger partial charge in [0.15, 0.2) is 0 Å². The van der Waals surface area contributed by atoms with Crippen molar-refractivity contribution >= 4 is 46.1 Å². The van der Waals surface area contributed by atoms with E-state index in [0.29, 0.717) is 26.3 Å². The van der Waals surface area contributed by atoms with Gasteiger partial charge in [0.1, 0.15) is 9.88 Å². The number of hydrogen-bond donors (Lipinski definition) is 1. The molecule has 116 valence electrons. The summed E-state index contributed by atoms with van der Waals surface area (Å²) in [7, 11) is 0. The Kier molecular flexibility index (Phi) is 4.66. The Labute approximate surface area is 147 Å². The summed E-state index contributed by atoms with van der Waals surface area (Å²) < 4.78 is 0. The zero-order chi connectivity index (χ0) is 16.4. The van der Waals surface area contributed by atoms with Gasteiger partial charge >= 0.3 is 0 Å². The molecule has 3 nitrogen and oxygen atoms in total. The van der Waals surface area contributed by atoms with E-state index in [-0.39, 0.29) is 5.91 Å². The van der Waals surface area contributed by atoms with Crippen LogP contribution >= 0.6 is 34.5 Å². The Morgan fingerprint density at radius 1 is 1.09 bits per heavy atom. The second-order valence-corrected chi connectivity index (χ2v) is 6.78. The maximum atomic E-state index is 12.5. The fourth-order valence-electron chi connectivity index (χ4n) is 2.13. The first-order chi connectivity index (χ1) is 11.0. The molecule has 3 aromatic rings. The molecule has 1 amide bonds. The molecule has 0 spiro atoms. The molecule has 0 bridgehead atoms. The highest BCUT2D eigenvalue weighted by molar-refractivity contribution is 7.17. The van der Waals surface area contributed by atoms with Crippen LogP contribution in [-0.4, -0.2) is 10.9 Å². The van der Waals surface area contributed by atoms with Crippen molar-refractivity contribution in [3.63, 3.8) is 0 Å². The second kappa shape index (κ2) is 6.71. The number of nitrogens with zero attached hydrogens (tertiary/aromatic N) is 1. The van der Waals surface area contributed by atoms with E-state index in [4.69, 9.17) is 23.2 Å². The van der Waals surface area contributed by atoms with Gasteiger partial charge in [-0.2, -0.15) is 0 Å². The van der Waals surface area contributed by atoms with Crippen molar-refractivity contribution in [2.75, 3.05) is 5.32 Å². The van der Waals surface area contributed by atoms with Crippen LogP contribution in [0.2, 0.25) is 10.0 Å². The van der Waals surface area contributed by atoms with Crippen LogP contribution in [0.4, 0.5) is 5.69 Å². The third-order valence-electron chi connectivity index (χ3n) is 3.14. The third-order valence-corrected chi connectivity index (χ3v) is 4.79. The molecule has 0 atom stereocenters. The van der Waals surface area contributed by atoms with E-state index in [2.05, 4.69) is 10.3 Å². The number of amides is 1. The Hall–Kier alpha value is -1.88. The average Bonchev–Trinajstić information content (AvgIpc) is 2.89. The van der Waals surface area contributed by atoms with Gasteiger partial charge in [0.05, 0.1) is 5.69 Å². The summed E-state index contributed by atoms with van der Waals surface area (Å²) in [6.07, 6.45) is 0. The van der Waals surface area contributed by atoms with E-state index in [0.717, 1.165) is 10.6 Å². The van der Waals surface area contributed by atoms with Gasteiger partial charge in [0, 0.05) is 21.3 Å². The van der Waals surface area contributed by atoms with E-state index in [1.165, 1.54) is 11.3 Å². The molecule has 0 aliphatic rings. The van der Waals surface area contributed by atoms with Crippen LogP contribution in [0.1, 0.15) is 15.4 Å². The number of aromatic nitrogens is 1. The summed E-state index contributed by atoms with van der Waals surface area (Å²) in [6, 6.07) is 14.7. The van der Waals surface area contributed by atoms with Gasteiger partial charge in [-0.05, 0) is 25.1 Å². The summed E-state index contributed by atoms with van der Waals surface area (Å²) in [6.45, 7) is 1.82. The van der Waals surface area contributed by atoms with Crippen LogP contribution in [0.3, 0.4) is 0 Å². The molecule has 0 aliphatic carbocycles. The number of rotatable bonds is 3. The second-order valence-electron chi connectivity index (χ2n) is 4.91. The van der Waals surface area contributed by atoms with Crippen molar-refractivity contribution in [2.24, 2.45) is 0 Å². The molecule has 6 heteroatoms. The van der Waals surface area contributed by atoms with Crippen molar-refractivity contribution in [1.29, 1.82) is 0 Å². The van der Waals surface area contributed by atoms with Crippen LogP contribution in [-0.2, 0) is 0 Å². The van der Waals surface area contributed by atoms with Crippen molar-refractivity contribution < 1.29 is 4.79 Å². The summed E-state index contributed by atoms with van der Waals surface area (Å²) >= 11 is 13.3. The van der Waals surface area contributed by atoms with Gasteiger partial charge < -0.3 is 5.32 Å². The minimum Gasteiger partial charge on any atom is -0.321 e. The number of anilines is 1. The van der Waals surface area contributed by atoms with E-state index >= 15 is 0 Å². The Balaban J connectivity index is 1.87. The Morgan fingerprint density at radius 2 is 1.74 bits per heavy atom. The normalized spacial score (nSPS) is 10.6. The minimum absolute atomic E-state index is 0.222. The summed E-state index contributed by atoms with van der Waals surface area (Å²) in [5.74, 6) is -0.222. The lowest BCUT2D eigenvalue weighted by Gasteiger charge is -2.05. The lowest BCUT2D eigenvalue weighted by molar-refractivity contribution is 0.103. The minimum atomic E-state index is -0.222. The summed E-state index contributed by atoms with van der Waals surface area (Å²) in [5.41, 5.74) is 2.24. The molecular weight excluding hydrogens is 351 g/mol. The van der Waals surface area contributed by atoms with Crippen LogP contribution < -0.4 is 5.32 Å². The van der Waals surface area contributed by atoms with Crippen LogP contribution in [0.5, 0.6) is 0 Å². The molecule has 2 aromatic carbocycles. The average molecular weight is 363 g/mol. The lowest BCUT2D eigenvalue weighted by Crippen LogP contribution is -2.11. The number of carbonyl (C=O) groups is 1. The predicted molar refractivity (Wildman–Crippen MR) is 96.7 cm³/mol. The molecule has 23 heavy (non-hydrogen) atoms. The van der Waals surface area contributed by atoms with Crippen molar-refractivity contribution in [1.82, 2.24) is 4.98 Å². The first-order valence-electron chi connectivity index (χ1n) is 6.83. The number of hydrogen-bond acceptors (Lipinski definition) is 3. The number of halogens is 2. The molecule has 0 aliphatic heterocycles. The summed E-state index contributed by atoms with van der Waals surface area (Å²) in [5, 5.41) is 4.57. The molecule has 0 unspecified atom stereocenters. The molecule has 1 aromatic heterocycles. The highest BCUT2D eigenvalue weighted by Gasteiger charge is 2.16. The first-order valence-corrected chi connectivity index (χ1v) is 8.40. The number of aryl methyl sites for hydroxylation is 1. The van der Waals surface area contributed by atoms with Crippen molar-refractivity contribution in [3.8, 4) is 10.6 Å². The van der Waals surface area contributed by atoms with E-state index in [1.807, 2.05) is 37.3 Å². The first kappa shape index (κ1) is 16.0. The smallest absolute Gasteiger partial charge is 0.267 e. The zero-order valence-electron chi connectivity index (χ0n) is 12.1. The molecule has 0 saturated heterocycles. The van der Waals surface area contributed by atoms with Crippen LogP contribution in [0.25, 0.3) is 10.6 Å².